The summed E-state index contributed by atoms with van der Waals surface area (Å²) in [6, 6.07) is 0. The molecule has 0 aliphatic rings. The number of carbonyl (C=O) groups is 1. The van der Waals surface area contributed by atoms with Crippen LogP contribution >= 0.6 is 0 Å². The topological polar surface area (TPSA) is 35.5 Å². The molecule has 104 valence electrons. The van der Waals surface area contributed by atoms with Gasteiger partial charge in [-0.05, 0) is 46.3 Å². The van der Waals surface area contributed by atoms with Crippen LogP contribution in [-0.2, 0) is 14.3 Å². The molecule has 0 aromatic heterocycles. The zero-order valence-corrected chi connectivity index (χ0v) is 12.4. The summed E-state index contributed by atoms with van der Waals surface area (Å²) < 4.78 is 10.4. The number of allylic oxidation sites excluding steroid dienone is 1. The second kappa shape index (κ2) is 8.37. The lowest BCUT2D eigenvalue weighted by atomic mass is 9.97. The predicted molar refractivity (Wildman–Crippen MR) is 76.2 cm³/mol. The van der Waals surface area contributed by atoms with Crippen molar-refractivity contribution in [3.05, 3.63) is 29.2 Å². The Kier molecular flexibility index (Phi) is 7.60. The van der Waals surface area contributed by atoms with Crippen molar-refractivity contribution in [1.29, 1.82) is 0 Å². The van der Waals surface area contributed by atoms with E-state index in [4.69, 9.17) is 15.9 Å². The van der Waals surface area contributed by atoms with Crippen LogP contribution in [0.3, 0.4) is 0 Å². The Morgan fingerprint density at radius 2 is 1.95 bits per heavy atom. The molecule has 0 aliphatic heterocycles. The smallest absolute Gasteiger partial charge is 0.317 e. The minimum absolute atomic E-state index is 0.258. The lowest BCUT2D eigenvalue weighted by molar-refractivity contribution is -0.147. The lowest BCUT2D eigenvalue weighted by Crippen LogP contribution is -2.22. The van der Waals surface area contributed by atoms with E-state index in [1.807, 2.05) is 13.8 Å². The summed E-state index contributed by atoms with van der Waals surface area (Å²) in [4.78, 5) is 11.8. The van der Waals surface area contributed by atoms with Crippen molar-refractivity contribution in [2.24, 2.45) is 5.41 Å². The highest BCUT2D eigenvalue weighted by molar-refractivity contribution is 5.76. The van der Waals surface area contributed by atoms with Crippen LogP contribution in [0, 0.1) is 17.8 Å². The fourth-order valence-electron chi connectivity index (χ4n) is 0.942. The fourth-order valence-corrected chi connectivity index (χ4v) is 0.942. The predicted octanol–water partition coefficient (Wildman–Crippen LogP) is 3.23. The molecule has 0 radical (unpaired) electrons. The van der Waals surface area contributed by atoms with Gasteiger partial charge in [0.2, 0.25) is 0 Å². The first kappa shape index (κ1) is 17.2. The van der Waals surface area contributed by atoms with Crippen molar-refractivity contribution in [3.63, 3.8) is 0 Å². The van der Waals surface area contributed by atoms with E-state index in [0.717, 1.165) is 5.57 Å². The molecule has 0 aromatic rings. The Morgan fingerprint density at radius 3 is 2.42 bits per heavy atom. The molecule has 0 bridgehead atoms. The van der Waals surface area contributed by atoms with Gasteiger partial charge in [0.15, 0.2) is 5.76 Å². The third-order valence-electron chi connectivity index (χ3n) is 1.86. The quantitative estimate of drug-likeness (QED) is 0.190. The van der Waals surface area contributed by atoms with Crippen LogP contribution in [0.1, 0.15) is 34.6 Å². The average Bonchev–Trinajstić information content (AvgIpc) is 2.26. The van der Waals surface area contributed by atoms with Crippen LogP contribution in [0.4, 0.5) is 0 Å². The number of carbonyl (C=O) groups excluding carboxylic acids is 1. The number of terminal acetylenes is 1. The Labute approximate surface area is 116 Å². The molecule has 0 amide bonds. The second-order valence-electron chi connectivity index (χ2n) is 5.25. The standard InChI is InChI=1S/C16H22O3/c1-7-10-18-11-8-9-14(12-13(2)3)19-15(17)16(4,5)6/h1,8-9H,10-11H2,2-6H3/b9-8+. The Morgan fingerprint density at radius 1 is 1.32 bits per heavy atom. The van der Waals surface area contributed by atoms with E-state index in [1.165, 1.54) is 0 Å². The van der Waals surface area contributed by atoms with Crippen LogP contribution in [0.2, 0.25) is 0 Å². The summed E-state index contributed by atoms with van der Waals surface area (Å²) in [6.45, 7) is 9.79. The summed E-state index contributed by atoms with van der Waals surface area (Å²) in [5, 5.41) is 0. The van der Waals surface area contributed by atoms with Crippen molar-refractivity contribution >= 4 is 5.97 Å². The van der Waals surface area contributed by atoms with Crippen molar-refractivity contribution in [2.75, 3.05) is 13.2 Å². The minimum Gasteiger partial charge on any atom is -0.417 e. The summed E-state index contributed by atoms with van der Waals surface area (Å²) in [5.74, 6) is 2.45. The van der Waals surface area contributed by atoms with Crippen LogP contribution < -0.4 is 0 Å². The van der Waals surface area contributed by atoms with Gasteiger partial charge in [0.25, 0.3) is 0 Å². The van der Waals surface area contributed by atoms with Gasteiger partial charge in [-0.3, -0.25) is 4.79 Å². The monoisotopic (exact) mass is 262 g/mol. The van der Waals surface area contributed by atoms with E-state index in [9.17, 15) is 4.79 Å². The van der Waals surface area contributed by atoms with Crippen molar-refractivity contribution in [1.82, 2.24) is 0 Å². The first-order valence-electron chi connectivity index (χ1n) is 6.11. The van der Waals surface area contributed by atoms with E-state index in [1.54, 1.807) is 32.9 Å². The molecule has 0 saturated carbocycles. The summed E-state index contributed by atoms with van der Waals surface area (Å²) in [6.07, 6.45) is 8.46. The molecule has 3 heteroatoms. The molecule has 0 rings (SSSR count). The van der Waals surface area contributed by atoms with E-state index >= 15 is 0 Å². The third kappa shape index (κ3) is 8.90. The van der Waals surface area contributed by atoms with Gasteiger partial charge in [0.1, 0.15) is 6.61 Å². The van der Waals surface area contributed by atoms with Gasteiger partial charge in [-0.25, -0.2) is 0 Å². The normalized spacial score (nSPS) is 10.7. The van der Waals surface area contributed by atoms with Gasteiger partial charge < -0.3 is 9.47 Å². The molecular weight excluding hydrogens is 240 g/mol. The zero-order valence-electron chi connectivity index (χ0n) is 12.4. The molecule has 0 aromatic carbocycles. The Hall–Kier alpha value is -1.75. The van der Waals surface area contributed by atoms with Gasteiger partial charge in [-0.2, -0.15) is 0 Å². The maximum absolute atomic E-state index is 11.8. The summed E-state index contributed by atoms with van der Waals surface area (Å²) >= 11 is 0. The highest BCUT2D eigenvalue weighted by Crippen LogP contribution is 2.17. The third-order valence-corrected chi connectivity index (χ3v) is 1.86. The summed E-state index contributed by atoms with van der Waals surface area (Å²) in [7, 11) is 0. The van der Waals surface area contributed by atoms with E-state index < -0.39 is 5.41 Å². The van der Waals surface area contributed by atoms with Crippen LogP contribution in [0.15, 0.2) is 29.2 Å². The molecule has 0 heterocycles. The van der Waals surface area contributed by atoms with Crippen molar-refractivity contribution in [2.45, 2.75) is 34.6 Å². The number of hydrogen-bond acceptors (Lipinski definition) is 3. The maximum atomic E-state index is 11.8. The van der Waals surface area contributed by atoms with Gasteiger partial charge in [0, 0.05) is 0 Å². The largest absolute Gasteiger partial charge is 0.417 e. The van der Waals surface area contributed by atoms with E-state index in [0.29, 0.717) is 12.4 Å². The molecule has 0 saturated heterocycles. The molecule has 0 fully saturated rings. The second-order valence-corrected chi connectivity index (χ2v) is 5.25. The molecule has 0 unspecified atom stereocenters. The number of ether oxygens (including phenoxy) is 2. The SMILES string of the molecule is C#CCOC/C=C/C(=C=C(C)C)OC(=O)C(C)(C)C. The zero-order chi connectivity index (χ0) is 14.9. The van der Waals surface area contributed by atoms with E-state index in [-0.39, 0.29) is 12.6 Å². The van der Waals surface area contributed by atoms with Crippen LogP contribution in [0.5, 0.6) is 0 Å². The maximum Gasteiger partial charge on any atom is 0.317 e. The Bertz CT molecular complexity index is 432. The molecule has 0 N–H and O–H groups in total. The Balaban J connectivity index is 4.75. The first-order chi connectivity index (χ1) is 8.77. The molecule has 0 spiro atoms. The number of esters is 1. The average molecular weight is 262 g/mol. The van der Waals surface area contributed by atoms with Gasteiger partial charge in [-0.1, -0.05) is 17.7 Å². The fraction of sp³-hybridized carbons (Fsp3) is 0.500. The highest BCUT2D eigenvalue weighted by Gasteiger charge is 2.23. The summed E-state index contributed by atoms with van der Waals surface area (Å²) in [5.41, 5.74) is 3.35. The van der Waals surface area contributed by atoms with Crippen LogP contribution in [-0.4, -0.2) is 19.2 Å². The van der Waals surface area contributed by atoms with Gasteiger partial charge in [0.05, 0.1) is 12.0 Å². The number of rotatable bonds is 5. The van der Waals surface area contributed by atoms with Crippen molar-refractivity contribution in [3.8, 4) is 12.3 Å². The van der Waals surface area contributed by atoms with Crippen LogP contribution in [0.25, 0.3) is 0 Å². The lowest BCUT2D eigenvalue weighted by Gasteiger charge is -2.15. The molecule has 3 nitrogen and oxygen atoms in total. The van der Waals surface area contributed by atoms with Gasteiger partial charge in [-0.15, -0.1) is 6.42 Å². The van der Waals surface area contributed by atoms with E-state index in [2.05, 4.69) is 11.7 Å². The molecule has 0 aliphatic carbocycles. The van der Waals surface area contributed by atoms with Crippen molar-refractivity contribution < 1.29 is 14.3 Å². The molecular formula is C16H22O3. The first-order valence-corrected chi connectivity index (χ1v) is 6.11. The number of hydrogen-bond donors (Lipinski definition) is 0. The highest BCUT2D eigenvalue weighted by atomic mass is 16.5. The minimum atomic E-state index is -0.553. The molecule has 19 heavy (non-hydrogen) atoms. The molecule has 0 atom stereocenters. The van der Waals surface area contributed by atoms with Gasteiger partial charge >= 0.3 is 5.97 Å².